The summed E-state index contributed by atoms with van der Waals surface area (Å²) in [6.07, 6.45) is 5.04. The number of rotatable bonds is 7. The summed E-state index contributed by atoms with van der Waals surface area (Å²) in [4.78, 5) is 17.8. The molecule has 3 aromatic heterocycles. The summed E-state index contributed by atoms with van der Waals surface area (Å²) < 4.78 is 8.67. The van der Waals surface area contributed by atoms with Crippen LogP contribution in [-0.2, 0) is 13.6 Å². The summed E-state index contributed by atoms with van der Waals surface area (Å²) in [6.45, 7) is 3.20. The fourth-order valence-electron chi connectivity index (χ4n) is 3.40. The number of ether oxygens (including phenoxy) is 1. The number of methoxy groups -OCH3 is 1. The molecule has 0 saturated carbocycles. The molecule has 0 radical (unpaired) electrons. The second kappa shape index (κ2) is 8.77. The Kier molecular flexibility index (Phi) is 5.90. The minimum Gasteiger partial charge on any atom is -0.497 e. The zero-order chi connectivity index (χ0) is 22.0. The second-order valence-corrected chi connectivity index (χ2v) is 7.92. The van der Waals surface area contributed by atoms with Crippen molar-refractivity contribution in [2.75, 3.05) is 13.7 Å². The molecule has 1 atom stereocenters. The molecule has 9 heteroatoms. The quantitative estimate of drug-likeness (QED) is 0.476. The van der Waals surface area contributed by atoms with Gasteiger partial charge in [0.1, 0.15) is 5.75 Å². The number of benzene rings is 1. The molecule has 4 rings (SSSR count). The van der Waals surface area contributed by atoms with Crippen LogP contribution in [0.3, 0.4) is 0 Å². The molecule has 0 saturated heterocycles. The second-order valence-electron chi connectivity index (χ2n) is 7.48. The van der Waals surface area contributed by atoms with E-state index in [4.69, 9.17) is 21.3 Å². The zero-order valence-electron chi connectivity index (χ0n) is 17.5. The van der Waals surface area contributed by atoms with Crippen LogP contribution in [0.5, 0.6) is 5.75 Å². The van der Waals surface area contributed by atoms with Crippen molar-refractivity contribution in [1.82, 2.24) is 29.9 Å². The average molecular weight is 439 g/mol. The minimum atomic E-state index is -0.166. The van der Waals surface area contributed by atoms with Gasteiger partial charge < -0.3 is 10.1 Å². The zero-order valence-corrected chi connectivity index (χ0v) is 18.3. The van der Waals surface area contributed by atoms with Gasteiger partial charge in [0, 0.05) is 31.9 Å². The fourth-order valence-corrected chi connectivity index (χ4v) is 3.55. The van der Waals surface area contributed by atoms with Crippen LogP contribution >= 0.6 is 11.6 Å². The summed E-state index contributed by atoms with van der Waals surface area (Å²) in [5.41, 5.74) is 2.78. The van der Waals surface area contributed by atoms with Crippen LogP contribution in [0, 0.1) is 5.92 Å². The number of carbonyl (C=O) groups excluding carboxylic acids is 1. The molecule has 1 aromatic carbocycles. The summed E-state index contributed by atoms with van der Waals surface area (Å²) in [5, 5.41) is 12.8. The van der Waals surface area contributed by atoms with Crippen LogP contribution in [0.1, 0.15) is 17.3 Å². The molecule has 1 N–H and O–H groups in total. The Morgan fingerprint density at radius 3 is 2.68 bits per heavy atom. The molecule has 0 aliphatic carbocycles. The maximum atomic E-state index is 13.1. The summed E-state index contributed by atoms with van der Waals surface area (Å²) in [7, 11) is 3.44. The van der Waals surface area contributed by atoms with Crippen LogP contribution in [0.15, 0.2) is 48.9 Å². The number of amides is 1. The standard InChI is InChI=1S/C22H23ClN6O2/c1-14(12-29-13-16(23)10-26-29)9-24-22(30)18-8-20(15-4-6-17(31-3)7-5-15)27-21-19(18)11-25-28(21)2/h4-8,10-11,13-14H,9,12H2,1-3H3,(H,24,30). The molecule has 160 valence electrons. The lowest BCUT2D eigenvalue weighted by molar-refractivity contribution is 0.0948. The number of fused-ring (bicyclic) bond motifs is 1. The van der Waals surface area contributed by atoms with Crippen LogP contribution < -0.4 is 10.1 Å². The summed E-state index contributed by atoms with van der Waals surface area (Å²) in [5.74, 6) is 0.767. The third-order valence-electron chi connectivity index (χ3n) is 5.05. The maximum absolute atomic E-state index is 13.1. The summed E-state index contributed by atoms with van der Waals surface area (Å²) in [6, 6.07) is 9.38. The van der Waals surface area contributed by atoms with Gasteiger partial charge in [-0.15, -0.1) is 0 Å². The lowest BCUT2D eigenvalue weighted by atomic mass is 10.1. The van der Waals surface area contributed by atoms with E-state index in [1.165, 1.54) is 0 Å². The number of hydrogen-bond donors (Lipinski definition) is 1. The van der Waals surface area contributed by atoms with Crippen molar-refractivity contribution in [2.45, 2.75) is 13.5 Å². The molecule has 8 nitrogen and oxygen atoms in total. The molecule has 0 spiro atoms. The first-order valence-corrected chi connectivity index (χ1v) is 10.3. The van der Waals surface area contributed by atoms with Gasteiger partial charge in [-0.05, 0) is 36.2 Å². The van der Waals surface area contributed by atoms with Gasteiger partial charge in [-0.3, -0.25) is 14.2 Å². The highest BCUT2D eigenvalue weighted by Gasteiger charge is 2.17. The van der Waals surface area contributed by atoms with E-state index in [0.29, 0.717) is 40.4 Å². The third-order valence-corrected chi connectivity index (χ3v) is 5.24. The maximum Gasteiger partial charge on any atom is 0.252 e. The van der Waals surface area contributed by atoms with E-state index in [9.17, 15) is 4.79 Å². The normalized spacial score (nSPS) is 12.1. The molecule has 0 aliphatic rings. The predicted octanol–water partition coefficient (Wildman–Crippen LogP) is 3.56. The Hall–Kier alpha value is -3.39. The summed E-state index contributed by atoms with van der Waals surface area (Å²) >= 11 is 5.92. The van der Waals surface area contributed by atoms with Crippen LogP contribution in [-0.4, -0.2) is 44.1 Å². The predicted molar refractivity (Wildman–Crippen MR) is 119 cm³/mol. The highest BCUT2D eigenvalue weighted by atomic mass is 35.5. The number of aromatic nitrogens is 5. The number of nitrogens with zero attached hydrogens (tertiary/aromatic N) is 5. The highest BCUT2D eigenvalue weighted by molar-refractivity contribution is 6.30. The van der Waals surface area contributed by atoms with Crippen molar-refractivity contribution >= 4 is 28.5 Å². The molecule has 0 aliphatic heterocycles. The van der Waals surface area contributed by atoms with Crippen molar-refractivity contribution in [2.24, 2.45) is 13.0 Å². The topological polar surface area (TPSA) is 86.9 Å². The van der Waals surface area contributed by atoms with Gasteiger partial charge in [0.2, 0.25) is 0 Å². The van der Waals surface area contributed by atoms with E-state index in [0.717, 1.165) is 11.3 Å². The molecule has 0 fully saturated rings. The van der Waals surface area contributed by atoms with Gasteiger partial charge in [-0.25, -0.2) is 4.98 Å². The van der Waals surface area contributed by atoms with Gasteiger partial charge in [-0.1, -0.05) is 18.5 Å². The number of halogens is 1. The molecule has 4 aromatic rings. The Labute approximate surface area is 184 Å². The van der Waals surface area contributed by atoms with E-state index >= 15 is 0 Å². The third kappa shape index (κ3) is 4.54. The fraction of sp³-hybridized carbons (Fsp3) is 0.273. The van der Waals surface area contributed by atoms with Gasteiger partial charge in [0.25, 0.3) is 5.91 Å². The molecule has 31 heavy (non-hydrogen) atoms. The number of nitrogens with one attached hydrogen (secondary N) is 1. The SMILES string of the molecule is COc1ccc(-c2cc(C(=O)NCC(C)Cn3cc(Cl)cn3)c3cnn(C)c3n2)cc1. The lowest BCUT2D eigenvalue weighted by Crippen LogP contribution is -2.30. The van der Waals surface area contributed by atoms with Crippen LogP contribution in [0.4, 0.5) is 0 Å². The average Bonchev–Trinajstić information content (AvgIpc) is 3.36. The van der Waals surface area contributed by atoms with Crippen molar-refractivity contribution < 1.29 is 9.53 Å². The molecule has 3 heterocycles. The molecular weight excluding hydrogens is 416 g/mol. The van der Waals surface area contributed by atoms with E-state index in [1.807, 2.05) is 38.2 Å². The van der Waals surface area contributed by atoms with E-state index in [-0.39, 0.29) is 11.8 Å². The Morgan fingerprint density at radius 2 is 2.00 bits per heavy atom. The van der Waals surface area contributed by atoms with Crippen LogP contribution in [0.25, 0.3) is 22.3 Å². The van der Waals surface area contributed by atoms with E-state index in [1.54, 1.807) is 41.1 Å². The van der Waals surface area contributed by atoms with Crippen molar-refractivity contribution in [3.8, 4) is 17.0 Å². The number of carbonyl (C=O) groups is 1. The first kappa shape index (κ1) is 20.9. The van der Waals surface area contributed by atoms with Crippen molar-refractivity contribution in [3.05, 3.63) is 59.5 Å². The van der Waals surface area contributed by atoms with Gasteiger partial charge in [0.05, 0.1) is 41.2 Å². The highest BCUT2D eigenvalue weighted by Crippen LogP contribution is 2.26. The number of aryl methyl sites for hydroxylation is 1. The largest absolute Gasteiger partial charge is 0.497 e. The molecule has 0 bridgehead atoms. The Bertz CT molecular complexity index is 1210. The molecule has 1 amide bonds. The van der Waals surface area contributed by atoms with Gasteiger partial charge in [0.15, 0.2) is 5.65 Å². The number of pyridine rings is 1. The first-order chi connectivity index (χ1) is 14.9. The Balaban J connectivity index is 1.57. The number of hydrogen-bond acceptors (Lipinski definition) is 5. The Morgan fingerprint density at radius 1 is 1.23 bits per heavy atom. The van der Waals surface area contributed by atoms with Crippen LogP contribution in [0.2, 0.25) is 5.02 Å². The lowest BCUT2D eigenvalue weighted by Gasteiger charge is -2.14. The van der Waals surface area contributed by atoms with Crippen molar-refractivity contribution in [3.63, 3.8) is 0 Å². The smallest absolute Gasteiger partial charge is 0.252 e. The first-order valence-electron chi connectivity index (χ1n) is 9.88. The minimum absolute atomic E-state index is 0.166. The molecular formula is C22H23ClN6O2. The monoisotopic (exact) mass is 438 g/mol. The van der Waals surface area contributed by atoms with E-state index in [2.05, 4.69) is 15.5 Å². The van der Waals surface area contributed by atoms with E-state index < -0.39 is 0 Å². The van der Waals surface area contributed by atoms with Gasteiger partial charge >= 0.3 is 0 Å². The molecule has 1 unspecified atom stereocenters. The van der Waals surface area contributed by atoms with Crippen molar-refractivity contribution in [1.29, 1.82) is 0 Å². The van der Waals surface area contributed by atoms with Gasteiger partial charge in [-0.2, -0.15) is 10.2 Å².